The monoisotopic (exact) mass is 520 g/mol. The van der Waals surface area contributed by atoms with E-state index in [2.05, 4.69) is 41.5 Å². The summed E-state index contributed by atoms with van der Waals surface area (Å²) in [4.78, 5) is 19.9. The molecular formula is C24H48O4Sn. The van der Waals surface area contributed by atoms with E-state index in [9.17, 15) is 19.8 Å². The van der Waals surface area contributed by atoms with Crippen molar-refractivity contribution < 1.29 is 19.8 Å². The summed E-state index contributed by atoms with van der Waals surface area (Å²) in [6, 6.07) is 0. The summed E-state index contributed by atoms with van der Waals surface area (Å²) in [7, 11) is 0. The fourth-order valence-electron chi connectivity index (χ4n) is 2.37. The summed E-state index contributed by atoms with van der Waals surface area (Å²) < 4.78 is 3.25. The molecule has 0 aromatic carbocycles. The van der Waals surface area contributed by atoms with Gasteiger partial charge in [0, 0.05) is 11.9 Å². The summed E-state index contributed by atoms with van der Waals surface area (Å²) in [6.07, 6.45) is 12.0. The molecule has 4 nitrogen and oxygen atoms in total. The second kappa shape index (κ2) is 27.7. The maximum atomic E-state index is 9.93. The molecule has 0 heterocycles. The molecule has 0 bridgehead atoms. The number of carboxylic acids is 2. The molecule has 0 rings (SSSR count). The van der Waals surface area contributed by atoms with Gasteiger partial charge >= 0.3 is 69.5 Å². The van der Waals surface area contributed by atoms with Crippen LogP contribution in [0.15, 0.2) is 0 Å². The number of carbonyl (C=O) groups excluding carboxylic acids is 2. The molecule has 0 aliphatic heterocycles. The van der Waals surface area contributed by atoms with E-state index >= 15 is 0 Å². The van der Waals surface area contributed by atoms with Crippen LogP contribution in [0.1, 0.15) is 119 Å². The molecule has 0 amide bonds. The molecule has 0 aromatic heterocycles. The first-order valence-corrected chi connectivity index (χ1v) is 15.8. The normalized spacial score (nSPS) is 9.93. The first kappa shape index (κ1) is 33.4. The summed E-state index contributed by atoms with van der Waals surface area (Å²) in [6.45, 7) is 13.1. The predicted octanol–water partition coefficient (Wildman–Crippen LogP) is 5.03. The third-order valence-corrected chi connectivity index (χ3v) is 8.28. The molecule has 172 valence electrons. The van der Waals surface area contributed by atoms with E-state index in [1.165, 1.54) is 25.7 Å². The Bertz CT molecular complexity index is 312. The Balaban J connectivity index is -0.000000350. The summed E-state index contributed by atoms with van der Waals surface area (Å²) in [5.41, 5.74) is 0. The van der Waals surface area contributed by atoms with Gasteiger partial charge in [-0.15, -0.1) is 0 Å². The predicted molar refractivity (Wildman–Crippen MR) is 122 cm³/mol. The van der Waals surface area contributed by atoms with Crippen LogP contribution in [-0.4, -0.2) is 33.1 Å². The molecule has 0 saturated carbocycles. The Hall–Kier alpha value is -0.261. The molecule has 0 aromatic rings. The van der Waals surface area contributed by atoms with Crippen molar-refractivity contribution >= 4 is 33.1 Å². The second-order valence-electron chi connectivity index (χ2n) is 8.48. The van der Waals surface area contributed by atoms with E-state index in [0.29, 0.717) is 11.8 Å². The number of hydrogen-bond acceptors (Lipinski definition) is 4. The molecule has 0 spiro atoms. The average molecular weight is 519 g/mol. The Morgan fingerprint density at radius 2 is 1.00 bits per heavy atom. The van der Waals surface area contributed by atoms with E-state index in [4.69, 9.17) is 0 Å². The van der Waals surface area contributed by atoms with Crippen molar-refractivity contribution in [3.8, 4) is 0 Å². The van der Waals surface area contributed by atoms with Gasteiger partial charge in [-0.05, 0) is 37.5 Å². The molecule has 0 aliphatic rings. The number of rotatable bonds is 16. The molecule has 0 N–H and O–H groups in total. The molecule has 5 heteroatoms. The summed E-state index contributed by atoms with van der Waals surface area (Å²) in [5.74, 6) is -0.490. The molecule has 0 saturated heterocycles. The zero-order valence-corrected chi connectivity index (χ0v) is 23.0. The number of carboxylic acid groups (broad SMARTS) is 2. The van der Waals surface area contributed by atoms with Crippen LogP contribution in [0.25, 0.3) is 0 Å². The minimum absolute atomic E-state index is 0.149. The molecule has 0 aliphatic carbocycles. The van der Waals surface area contributed by atoms with Gasteiger partial charge in [0.15, 0.2) is 0 Å². The van der Waals surface area contributed by atoms with Crippen LogP contribution in [0, 0.1) is 11.8 Å². The van der Waals surface area contributed by atoms with E-state index in [1.807, 2.05) is 0 Å². The van der Waals surface area contributed by atoms with Gasteiger partial charge in [0.2, 0.25) is 0 Å². The number of hydrogen-bond donors (Lipinski definition) is 0. The van der Waals surface area contributed by atoms with Crippen molar-refractivity contribution in [1.82, 2.24) is 0 Å². The van der Waals surface area contributed by atoms with Gasteiger partial charge in [0.25, 0.3) is 0 Å². The van der Waals surface area contributed by atoms with Gasteiger partial charge in [-0.3, -0.25) is 0 Å². The maximum absolute atomic E-state index is 9.93. The van der Waals surface area contributed by atoms with Crippen molar-refractivity contribution in [1.29, 1.82) is 0 Å². The Morgan fingerprint density at radius 1 is 0.655 bits per heavy atom. The van der Waals surface area contributed by atoms with Gasteiger partial charge in [0.1, 0.15) is 0 Å². The van der Waals surface area contributed by atoms with Crippen molar-refractivity contribution in [2.75, 3.05) is 0 Å². The van der Waals surface area contributed by atoms with Crippen molar-refractivity contribution in [2.45, 2.75) is 127 Å². The Labute approximate surface area is 191 Å². The average Bonchev–Trinajstić information content (AvgIpc) is 2.63. The molecule has 29 heavy (non-hydrogen) atoms. The van der Waals surface area contributed by atoms with E-state index in [-0.39, 0.29) is 34.0 Å². The van der Waals surface area contributed by atoms with Crippen molar-refractivity contribution in [2.24, 2.45) is 11.8 Å². The minimum atomic E-state index is -0.927. The Kier molecular flexibility index (Phi) is 31.9. The standard InChI is InChI=1S/2C8H16O2.2C4H9.Sn/c2*1-7(2)5-3-4-6-8(9)10;2*1-3-4-2;/h2*7H,3-6H2,1-2H3,(H,9,10);2*1,3-4H2,2H3;/q;;;;+2/p-2. The Morgan fingerprint density at radius 3 is 1.24 bits per heavy atom. The second-order valence-corrected chi connectivity index (χ2v) is 12.8. The summed E-state index contributed by atoms with van der Waals surface area (Å²) in [5, 5.41) is 19.9. The van der Waals surface area contributed by atoms with Gasteiger partial charge < -0.3 is 19.8 Å². The zero-order chi connectivity index (χ0) is 22.9. The van der Waals surface area contributed by atoms with Gasteiger partial charge in [-0.2, -0.15) is 0 Å². The molecule has 0 radical (unpaired) electrons. The fraction of sp³-hybridized carbons (Fsp3) is 0.917. The van der Waals surface area contributed by atoms with Crippen LogP contribution in [0.3, 0.4) is 0 Å². The molecule has 0 atom stereocenters. The van der Waals surface area contributed by atoms with Crippen LogP contribution in [0.5, 0.6) is 0 Å². The van der Waals surface area contributed by atoms with Crippen LogP contribution in [-0.2, 0) is 9.59 Å². The first-order chi connectivity index (χ1) is 13.7. The SMILES string of the molecule is CC(C)CCCCC(=O)[O-].CC(C)CCCCC(=O)[O-].CCC[CH2][Sn+2][CH2]CCC. The first-order valence-electron chi connectivity index (χ1n) is 11.8. The molecule has 0 fully saturated rings. The number of carbonyl (C=O) groups is 2. The van der Waals surface area contributed by atoms with E-state index < -0.39 is 11.9 Å². The topological polar surface area (TPSA) is 80.3 Å². The van der Waals surface area contributed by atoms with Gasteiger partial charge in [-0.25, -0.2) is 0 Å². The number of unbranched alkanes of at least 4 members (excludes halogenated alkanes) is 4. The van der Waals surface area contributed by atoms with Crippen LogP contribution >= 0.6 is 0 Å². The van der Waals surface area contributed by atoms with E-state index in [1.54, 1.807) is 8.87 Å². The third kappa shape index (κ3) is 47.2. The number of aliphatic carboxylic acids is 2. The summed E-state index contributed by atoms with van der Waals surface area (Å²) >= 11 is 0.149. The van der Waals surface area contributed by atoms with Crippen LogP contribution in [0.2, 0.25) is 8.87 Å². The van der Waals surface area contributed by atoms with Gasteiger partial charge in [0.05, 0.1) is 0 Å². The van der Waals surface area contributed by atoms with Crippen molar-refractivity contribution in [3.05, 3.63) is 0 Å². The van der Waals surface area contributed by atoms with E-state index in [0.717, 1.165) is 38.5 Å². The fourth-order valence-corrected chi connectivity index (χ4v) is 6.53. The zero-order valence-electron chi connectivity index (χ0n) is 20.2. The molecular weight excluding hydrogens is 471 g/mol. The molecule has 0 unspecified atom stereocenters. The quantitative estimate of drug-likeness (QED) is 0.212. The third-order valence-electron chi connectivity index (χ3n) is 4.24. The van der Waals surface area contributed by atoms with Crippen LogP contribution < -0.4 is 10.2 Å². The van der Waals surface area contributed by atoms with Crippen molar-refractivity contribution in [3.63, 3.8) is 0 Å². The van der Waals surface area contributed by atoms with Crippen LogP contribution in [0.4, 0.5) is 0 Å². The van der Waals surface area contributed by atoms with Gasteiger partial charge in [-0.1, -0.05) is 53.4 Å².